The quantitative estimate of drug-likeness (QED) is 0.846. The summed E-state index contributed by atoms with van der Waals surface area (Å²) < 4.78 is 37.2. The molecule has 20 heavy (non-hydrogen) atoms. The molecule has 0 saturated heterocycles. The van der Waals surface area contributed by atoms with Crippen molar-refractivity contribution < 1.29 is 27.9 Å². The number of rotatable bonds is 5. The van der Waals surface area contributed by atoms with E-state index in [-0.39, 0.29) is 4.90 Å². The number of hydrogen-bond donors (Lipinski definition) is 1. The third-order valence-electron chi connectivity index (χ3n) is 1.99. The molecule has 0 spiro atoms. The molecule has 0 aliphatic heterocycles. The van der Waals surface area contributed by atoms with E-state index in [4.69, 9.17) is 16.7 Å². The van der Waals surface area contributed by atoms with Crippen LogP contribution in [0, 0.1) is 0 Å². The first-order valence-corrected chi connectivity index (χ1v) is 6.38. The number of halogens is 4. The molecule has 0 saturated carbocycles. The van der Waals surface area contributed by atoms with Gasteiger partial charge in [-0.3, -0.25) is 9.59 Å². The molecule has 0 fully saturated rings. The van der Waals surface area contributed by atoms with Crippen molar-refractivity contribution in [2.24, 2.45) is 0 Å². The van der Waals surface area contributed by atoms with Crippen LogP contribution in [0.5, 0.6) is 0 Å². The highest BCUT2D eigenvalue weighted by molar-refractivity contribution is 7.17. The van der Waals surface area contributed by atoms with E-state index in [0.29, 0.717) is 9.21 Å². The lowest BCUT2D eigenvalue weighted by Crippen LogP contribution is -2.41. The number of hydrogen-bond acceptors (Lipinski definition) is 3. The van der Waals surface area contributed by atoms with Gasteiger partial charge in [-0.1, -0.05) is 11.6 Å². The van der Waals surface area contributed by atoms with Crippen molar-refractivity contribution in [2.75, 3.05) is 13.1 Å². The zero-order valence-electron chi connectivity index (χ0n) is 9.85. The minimum Gasteiger partial charge on any atom is -0.480 e. The number of carbonyl (C=O) groups excluding carboxylic acids is 1. The SMILES string of the molecule is O=C(O)CN(CC(F)(F)F)C(=O)C=Cc1ccc(Cl)s1. The normalized spacial score (nSPS) is 11.8. The monoisotopic (exact) mass is 327 g/mol. The second-order valence-corrected chi connectivity index (χ2v) is 5.43. The minimum atomic E-state index is -4.66. The Kier molecular flexibility index (Phi) is 5.58. The summed E-state index contributed by atoms with van der Waals surface area (Å²) in [7, 11) is 0. The number of carboxylic acids is 1. The van der Waals surface area contributed by atoms with Gasteiger partial charge in [0.15, 0.2) is 0 Å². The van der Waals surface area contributed by atoms with Crippen molar-refractivity contribution in [3.8, 4) is 0 Å². The van der Waals surface area contributed by atoms with Crippen molar-refractivity contribution in [1.82, 2.24) is 4.90 Å². The first-order chi connectivity index (χ1) is 9.17. The molecular weight excluding hydrogens is 319 g/mol. The van der Waals surface area contributed by atoms with Gasteiger partial charge in [0.25, 0.3) is 0 Å². The van der Waals surface area contributed by atoms with E-state index >= 15 is 0 Å². The summed E-state index contributed by atoms with van der Waals surface area (Å²) in [4.78, 5) is 22.8. The van der Waals surface area contributed by atoms with Crippen molar-refractivity contribution in [3.63, 3.8) is 0 Å². The maximum atomic E-state index is 12.3. The molecule has 1 N–H and O–H groups in total. The summed E-state index contributed by atoms with van der Waals surface area (Å²) in [5, 5.41) is 8.52. The Bertz CT molecular complexity index is 527. The number of amides is 1. The third-order valence-corrected chi connectivity index (χ3v) is 3.19. The summed E-state index contributed by atoms with van der Waals surface area (Å²) in [5.74, 6) is -2.55. The fourth-order valence-electron chi connectivity index (χ4n) is 1.27. The number of nitrogens with zero attached hydrogens (tertiary/aromatic N) is 1. The van der Waals surface area contributed by atoms with E-state index in [2.05, 4.69) is 0 Å². The largest absolute Gasteiger partial charge is 0.480 e. The summed E-state index contributed by atoms with van der Waals surface area (Å²) in [5.41, 5.74) is 0. The summed E-state index contributed by atoms with van der Waals surface area (Å²) >= 11 is 6.79. The molecule has 4 nitrogen and oxygen atoms in total. The maximum absolute atomic E-state index is 12.3. The first kappa shape index (κ1) is 16.5. The lowest BCUT2D eigenvalue weighted by atomic mass is 10.3. The predicted octanol–water partition coefficient (Wildman–Crippen LogP) is 2.89. The van der Waals surface area contributed by atoms with Crippen LogP contribution >= 0.6 is 22.9 Å². The molecule has 1 rings (SSSR count). The van der Waals surface area contributed by atoms with Gasteiger partial charge < -0.3 is 10.0 Å². The van der Waals surface area contributed by atoms with Gasteiger partial charge in [0.05, 0.1) is 4.34 Å². The van der Waals surface area contributed by atoms with Gasteiger partial charge in [-0.25, -0.2) is 0 Å². The topological polar surface area (TPSA) is 57.6 Å². The van der Waals surface area contributed by atoms with Crippen LogP contribution in [0.3, 0.4) is 0 Å². The predicted molar refractivity (Wildman–Crippen MR) is 68.6 cm³/mol. The van der Waals surface area contributed by atoms with Crippen molar-refractivity contribution in [1.29, 1.82) is 0 Å². The highest BCUT2D eigenvalue weighted by Crippen LogP contribution is 2.22. The third kappa shape index (κ3) is 6.07. The molecule has 0 aromatic carbocycles. The Balaban J connectivity index is 2.77. The van der Waals surface area contributed by atoms with Crippen molar-refractivity contribution in [2.45, 2.75) is 6.18 Å². The smallest absolute Gasteiger partial charge is 0.406 e. The van der Waals surface area contributed by atoms with E-state index in [9.17, 15) is 22.8 Å². The van der Waals surface area contributed by atoms with Gasteiger partial charge >= 0.3 is 12.1 Å². The minimum absolute atomic E-state index is 0.202. The van der Waals surface area contributed by atoms with Crippen LogP contribution in [0.2, 0.25) is 4.34 Å². The number of carboxylic acid groups (broad SMARTS) is 1. The number of thiophene rings is 1. The molecule has 0 unspecified atom stereocenters. The average molecular weight is 328 g/mol. The number of carbonyl (C=O) groups is 2. The van der Waals surface area contributed by atoms with E-state index in [1.807, 2.05) is 0 Å². The number of aliphatic carboxylic acids is 1. The Labute approximate surface area is 121 Å². The highest BCUT2D eigenvalue weighted by Gasteiger charge is 2.33. The molecule has 9 heteroatoms. The number of alkyl halides is 3. The van der Waals surface area contributed by atoms with Gasteiger partial charge in [0, 0.05) is 11.0 Å². The molecule has 0 aliphatic carbocycles. The Morgan fingerprint density at radius 3 is 2.50 bits per heavy atom. The van der Waals surface area contributed by atoms with Crippen molar-refractivity contribution in [3.05, 3.63) is 27.4 Å². The maximum Gasteiger partial charge on any atom is 0.406 e. The molecule has 0 radical (unpaired) electrons. The lowest BCUT2D eigenvalue weighted by molar-refractivity contribution is -0.163. The zero-order chi connectivity index (χ0) is 15.3. The van der Waals surface area contributed by atoms with Crippen LogP contribution in [0.15, 0.2) is 18.2 Å². The van der Waals surface area contributed by atoms with E-state index < -0.39 is 31.1 Å². The molecule has 0 atom stereocenters. The average Bonchev–Trinajstić information content (AvgIpc) is 2.68. The molecule has 0 bridgehead atoms. The summed E-state index contributed by atoms with van der Waals surface area (Å²) in [6, 6.07) is 3.16. The van der Waals surface area contributed by atoms with Crippen LogP contribution in [-0.4, -0.2) is 41.1 Å². The summed E-state index contributed by atoms with van der Waals surface area (Å²) in [6.45, 7) is -2.64. The standard InChI is InChI=1S/C11H9ClF3NO3S/c12-8-3-1-7(20-8)2-4-9(17)16(5-10(18)19)6-11(13,14)15/h1-4H,5-6H2,(H,18,19). The Hall–Kier alpha value is -1.54. The second kappa shape index (κ2) is 6.76. The highest BCUT2D eigenvalue weighted by atomic mass is 35.5. The first-order valence-electron chi connectivity index (χ1n) is 5.18. The van der Waals surface area contributed by atoms with E-state index in [1.165, 1.54) is 6.08 Å². The molecule has 1 heterocycles. The molecule has 1 aromatic heterocycles. The van der Waals surface area contributed by atoms with Crippen LogP contribution in [-0.2, 0) is 9.59 Å². The van der Waals surface area contributed by atoms with Crippen LogP contribution in [0.4, 0.5) is 13.2 Å². The van der Waals surface area contributed by atoms with Gasteiger partial charge in [-0.05, 0) is 18.2 Å². The van der Waals surface area contributed by atoms with Gasteiger partial charge in [0.2, 0.25) is 5.91 Å². The van der Waals surface area contributed by atoms with E-state index in [1.54, 1.807) is 12.1 Å². The second-order valence-electron chi connectivity index (χ2n) is 3.68. The fourth-order valence-corrected chi connectivity index (χ4v) is 2.23. The van der Waals surface area contributed by atoms with Gasteiger partial charge in [-0.2, -0.15) is 13.2 Å². The zero-order valence-corrected chi connectivity index (χ0v) is 11.4. The van der Waals surface area contributed by atoms with Gasteiger partial charge in [0.1, 0.15) is 13.1 Å². The van der Waals surface area contributed by atoms with Crippen LogP contribution in [0.25, 0.3) is 6.08 Å². The Morgan fingerprint density at radius 1 is 1.40 bits per heavy atom. The summed E-state index contributed by atoms with van der Waals surface area (Å²) in [6.07, 6.45) is -2.49. The van der Waals surface area contributed by atoms with E-state index in [0.717, 1.165) is 17.4 Å². The van der Waals surface area contributed by atoms with Crippen LogP contribution in [0.1, 0.15) is 4.88 Å². The lowest BCUT2D eigenvalue weighted by Gasteiger charge is -2.20. The molecular formula is C11H9ClF3NO3S. The molecule has 0 aliphatic rings. The van der Waals surface area contributed by atoms with Crippen LogP contribution < -0.4 is 0 Å². The molecule has 1 aromatic rings. The fraction of sp³-hybridized carbons (Fsp3) is 0.273. The molecule has 110 valence electrons. The van der Waals surface area contributed by atoms with Gasteiger partial charge in [-0.15, -0.1) is 11.3 Å². The van der Waals surface area contributed by atoms with Crippen molar-refractivity contribution >= 4 is 40.9 Å². The Morgan fingerprint density at radius 2 is 2.05 bits per heavy atom. The molecule has 1 amide bonds.